The van der Waals surface area contributed by atoms with Crippen molar-refractivity contribution in [2.75, 3.05) is 0 Å². The monoisotopic (exact) mass is 580 g/mol. The first-order valence-corrected chi connectivity index (χ1v) is 16.3. The average Bonchev–Trinajstić information content (AvgIpc) is 3.22. The molecule has 8 rings (SSSR count). The Balaban J connectivity index is 1.21. The number of hydrogen-bond donors (Lipinski definition) is 0. The number of fused-ring (bicyclic) bond motifs is 2. The summed E-state index contributed by atoms with van der Waals surface area (Å²) in [7, 11) is 0. The van der Waals surface area contributed by atoms with Crippen molar-refractivity contribution in [1.82, 2.24) is 0 Å². The molecule has 0 aliphatic heterocycles. The number of benzene rings is 7. The van der Waals surface area contributed by atoms with Crippen molar-refractivity contribution >= 4 is 48.7 Å². The van der Waals surface area contributed by atoms with Gasteiger partial charge in [-0.1, -0.05) is 132 Å². The molecule has 0 atom stereocenters. The molecule has 1 aliphatic carbocycles. The van der Waals surface area contributed by atoms with Gasteiger partial charge in [0.2, 0.25) is 0 Å². The smallest absolute Gasteiger partial charge is 0.0155 e. The van der Waals surface area contributed by atoms with E-state index in [0.29, 0.717) is 0 Å². The number of rotatable bonds is 3. The van der Waals surface area contributed by atoms with Crippen LogP contribution in [0.1, 0.15) is 65.2 Å². The molecule has 0 saturated heterocycles. The largest absolute Gasteiger partial charge is 0.0873 e. The molecule has 0 N–H and O–H groups in total. The van der Waals surface area contributed by atoms with Crippen LogP contribution in [0.2, 0.25) is 0 Å². The first-order chi connectivity index (χ1) is 21.5. The van der Waals surface area contributed by atoms with E-state index in [4.69, 9.17) is 0 Å². The van der Waals surface area contributed by atoms with Crippen molar-refractivity contribution in [3.8, 4) is 22.3 Å². The fraction of sp³-hybridized carbons (Fsp3) is 0.200. The second kappa shape index (κ2) is 9.66. The molecule has 1 aliphatic rings. The van der Waals surface area contributed by atoms with Gasteiger partial charge in [0.1, 0.15) is 0 Å². The van der Waals surface area contributed by atoms with Crippen LogP contribution in [0.25, 0.3) is 70.9 Å². The van der Waals surface area contributed by atoms with Crippen LogP contribution >= 0.6 is 0 Å². The van der Waals surface area contributed by atoms with Gasteiger partial charge in [-0.15, -0.1) is 0 Å². The lowest BCUT2D eigenvalue weighted by atomic mass is 9.80. The normalized spacial score (nSPS) is 15.0. The quantitative estimate of drug-likeness (QED) is 0.182. The van der Waals surface area contributed by atoms with Gasteiger partial charge >= 0.3 is 0 Å². The Kier molecular flexibility index (Phi) is 5.97. The summed E-state index contributed by atoms with van der Waals surface area (Å²) in [4.78, 5) is 0. The zero-order valence-corrected chi connectivity index (χ0v) is 27.5. The molecule has 0 saturated carbocycles. The molecule has 7 aromatic rings. The molecule has 7 aromatic carbocycles. The Hall–Kier alpha value is -4.68. The van der Waals surface area contributed by atoms with E-state index in [1.165, 1.54) is 93.2 Å². The van der Waals surface area contributed by atoms with Crippen molar-refractivity contribution in [1.29, 1.82) is 0 Å². The Labute approximate surface area is 267 Å². The molecule has 0 bridgehead atoms. The summed E-state index contributed by atoms with van der Waals surface area (Å²) in [6.45, 7) is 16.0. The highest BCUT2D eigenvalue weighted by Crippen LogP contribution is 2.48. The fourth-order valence-electron chi connectivity index (χ4n) is 7.92. The van der Waals surface area contributed by atoms with E-state index in [9.17, 15) is 0 Å². The van der Waals surface area contributed by atoms with Gasteiger partial charge in [-0.25, -0.2) is 0 Å². The van der Waals surface area contributed by atoms with Crippen molar-refractivity contribution in [3.05, 3.63) is 138 Å². The lowest BCUT2D eigenvalue weighted by Crippen LogP contribution is -2.16. The molecule has 0 aromatic heterocycles. The van der Waals surface area contributed by atoms with Crippen molar-refractivity contribution in [2.45, 2.75) is 59.3 Å². The van der Waals surface area contributed by atoms with E-state index in [1.807, 2.05) is 0 Å². The highest BCUT2D eigenvalue weighted by molar-refractivity contribution is 6.25. The molecular formula is C45H40. The van der Waals surface area contributed by atoms with Crippen molar-refractivity contribution in [3.63, 3.8) is 0 Å². The van der Waals surface area contributed by atoms with Gasteiger partial charge in [-0.05, 0) is 131 Å². The first-order valence-electron chi connectivity index (χ1n) is 16.3. The SMILES string of the molecule is CC=CC1=C(C)c2ccc(-c3ccc4cc(-c5ccc6ccc7cc(C(C)(C)C)cc8ccc5c6c78)ccc4c3)cc2C1(C)C. The number of allylic oxidation sites excluding steroid dienone is 4. The van der Waals surface area contributed by atoms with E-state index in [2.05, 4.69) is 164 Å². The van der Waals surface area contributed by atoms with Gasteiger partial charge in [0.15, 0.2) is 0 Å². The summed E-state index contributed by atoms with van der Waals surface area (Å²) in [5.41, 5.74) is 12.2. The minimum atomic E-state index is 0.00322. The third-order valence-electron chi connectivity index (χ3n) is 10.5. The van der Waals surface area contributed by atoms with E-state index >= 15 is 0 Å². The molecule has 0 nitrogen and oxygen atoms in total. The maximum absolute atomic E-state index is 2.42. The van der Waals surface area contributed by atoms with Gasteiger partial charge in [0, 0.05) is 5.41 Å². The highest BCUT2D eigenvalue weighted by atomic mass is 14.4. The summed E-state index contributed by atoms with van der Waals surface area (Å²) in [6, 6.07) is 39.6. The molecule has 0 heteroatoms. The van der Waals surface area contributed by atoms with Crippen LogP contribution in [0.4, 0.5) is 0 Å². The molecule has 0 fully saturated rings. The lowest BCUT2D eigenvalue weighted by Gasteiger charge is -2.23. The Morgan fingerprint density at radius 1 is 0.556 bits per heavy atom. The molecule has 0 amide bonds. The van der Waals surface area contributed by atoms with E-state index in [0.717, 1.165) is 0 Å². The minimum absolute atomic E-state index is 0.00322. The molecule has 45 heavy (non-hydrogen) atoms. The standard InChI is InChI=1S/C45H40/c1-8-9-40-27(2)37-19-17-32(26-41(37)45(40,6)7)30-11-12-31-23-33(14-13-29(31)22-30)38-20-16-28-10-15-34-24-36(44(3,4)5)25-35-18-21-39(38)43(28)42(34)35/h8-26H,1-7H3. The third kappa shape index (κ3) is 4.19. The maximum atomic E-state index is 2.42. The molecule has 0 heterocycles. The summed E-state index contributed by atoms with van der Waals surface area (Å²) in [6.07, 6.45) is 4.45. The van der Waals surface area contributed by atoms with E-state index < -0.39 is 0 Å². The van der Waals surface area contributed by atoms with Crippen LogP contribution in [0, 0.1) is 0 Å². The highest BCUT2D eigenvalue weighted by Gasteiger charge is 2.34. The predicted octanol–water partition coefficient (Wildman–Crippen LogP) is 13.0. The molecule has 220 valence electrons. The van der Waals surface area contributed by atoms with Gasteiger partial charge in [0.25, 0.3) is 0 Å². The van der Waals surface area contributed by atoms with E-state index in [-0.39, 0.29) is 10.8 Å². The first kappa shape index (κ1) is 27.8. The minimum Gasteiger partial charge on any atom is -0.0873 e. The molecule has 0 unspecified atom stereocenters. The topological polar surface area (TPSA) is 0 Å². The summed E-state index contributed by atoms with van der Waals surface area (Å²) in [5, 5.41) is 10.6. The van der Waals surface area contributed by atoms with Crippen LogP contribution < -0.4 is 0 Å². The number of hydrogen-bond acceptors (Lipinski definition) is 0. The predicted molar refractivity (Wildman–Crippen MR) is 198 cm³/mol. The second-order valence-electron chi connectivity index (χ2n) is 14.6. The van der Waals surface area contributed by atoms with Gasteiger partial charge in [-0.3, -0.25) is 0 Å². The molecule has 0 radical (unpaired) electrons. The van der Waals surface area contributed by atoms with Crippen LogP contribution in [0.15, 0.2) is 121 Å². The molecule has 0 spiro atoms. The zero-order valence-electron chi connectivity index (χ0n) is 27.5. The van der Waals surface area contributed by atoms with Crippen LogP contribution in [0.5, 0.6) is 0 Å². The summed E-state index contributed by atoms with van der Waals surface area (Å²) in [5.74, 6) is 0. The van der Waals surface area contributed by atoms with Crippen molar-refractivity contribution < 1.29 is 0 Å². The maximum Gasteiger partial charge on any atom is 0.0155 e. The lowest BCUT2D eigenvalue weighted by molar-refractivity contribution is 0.591. The molecular weight excluding hydrogens is 540 g/mol. The van der Waals surface area contributed by atoms with Crippen LogP contribution in [-0.2, 0) is 10.8 Å². The summed E-state index contributed by atoms with van der Waals surface area (Å²) >= 11 is 0. The van der Waals surface area contributed by atoms with Gasteiger partial charge in [0.05, 0.1) is 0 Å². The Bertz CT molecular complexity index is 2360. The van der Waals surface area contributed by atoms with Crippen LogP contribution in [0.3, 0.4) is 0 Å². The zero-order chi connectivity index (χ0) is 31.2. The van der Waals surface area contributed by atoms with Crippen LogP contribution in [-0.4, -0.2) is 0 Å². The van der Waals surface area contributed by atoms with Gasteiger partial charge in [-0.2, -0.15) is 0 Å². The Morgan fingerprint density at radius 3 is 1.82 bits per heavy atom. The summed E-state index contributed by atoms with van der Waals surface area (Å²) < 4.78 is 0. The Morgan fingerprint density at radius 2 is 1.11 bits per heavy atom. The second-order valence-corrected chi connectivity index (χ2v) is 14.6. The fourth-order valence-corrected chi connectivity index (χ4v) is 7.92. The van der Waals surface area contributed by atoms with Crippen molar-refractivity contribution in [2.24, 2.45) is 0 Å². The third-order valence-corrected chi connectivity index (χ3v) is 10.5. The van der Waals surface area contributed by atoms with Gasteiger partial charge < -0.3 is 0 Å². The van der Waals surface area contributed by atoms with E-state index in [1.54, 1.807) is 0 Å². The average molecular weight is 581 g/mol.